The van der Waals surface area contributed by atoms with Crippen LogP contribution < -0.4 is 4.74 Å². The van der Waals surface area contributed by atoms with E-state index in [1.165, 1.54) is 6.92 Å². The highest BCUT2D eigenvalue weighted by atomic mass is 79.9. The number of carbonyl (C=O) groups is 1. The van der Waals surface area contributed by atoms with Gasteiger partial charge < -0.3 is 9.84 Å². The Morgan fingerprint density at radius 2 is 2.18 bits per heavy atom. The SMILES string of the molecule is CCC(C)(O)COc1cc(Br)ccc1C(C)=O. The first-order chi connectivity index (χ1) is 7.85. The van der Waals surface area contributed by atoms with Crippen molar-refractivity contribution < 1.29 is 14.6 Å². The van der Waals surface area contributed by atoms with Crippen molar-refractivity contribution in [2.24, 2.45) is 0 Å². The van der Waals surface area contributed by atoms with E-state index in [1.54, 1.807) is 25.1 Å². The summed E-state index contributed by atoms with van der Waals surface area (Å²) in [6, 6.07) is 5.24. The van der Waals surface area contributed by atoms with E-state index in [1.807, 2.05) is 6.92 Å². The first-order valence-corrected chi connectivity index (χ1v) is 6.30. The Labute approximate surface area is 110 Å². The fourth-order valence-electron chi connectivity index (χ4n) is 1.24. The van der Waals surface area contributed by atoms with Gasteiger partial charge in [-0.3, -0.25) is 4.79 Å². The van der Waals surface area contributed by atoms with Gasteiger partial charge in [0.15, 0.2) is 5.78 Å². The first kappa shape index (κ1) is 14.2. The van der Waals surface area contributed by atoms with Crippen LogP contribution in [0.25, 0.3) is 0 Å². The lowest BCUT2D eigenvalue weighted by atomic mass is 10.1. The molecule has 0 aliphatic carbocycles. The minimum atomic E-state index is -0.879. The Morgan fingerprint density at radius 3 is 2.71 bits per heavy atom. The van der Waals surface area contributed by atoms with Crippen LogP contribution in [0.5, 0.6) is 5.75 Å². The van der Waals surface area contributed by atoms with Gasteiger partial charge in [-0.2, -0.15) is 0 Å². The van der Waals surface area contributed by atoms with Crippen molar-refractivity contribution in [2.75, 3.05) is 6.61 Å². The maximum absolute atomic E-state index is 11.4. The highest BCUT2D eigenvalue weighted by molar-refractivity contribution is 9.10. The summed E-state index contributed by atoms with van der Waals surface area (Å²) in [6.45, 7) is 5.25. The summed E-state index contributed by atoms with van der Waals surface area (Å²) in [7, 11) is 0. The number of hydrogen-bond donors (Lipinski definition) is 1. The second-order valence-electron chi connectivity index (χ2n) is 4.34. The van der Waals surface area contributed by atoms with Crippen molar-refractivity contribution in [3.05, 3.63) is 28.2 Å². The molecule has 3 nitrogen and oxygen atoms in total. The van der Waals surface area contributed by atoms with Crippen LogP contribution in [-0.2, 0) is 0 Å². The molecule has 4 heteroatoms. The molecule has 0 radical (unpaired) electrons. The third kappa shape index (κ3) is 4.13. The molecule has 1 atom stereocenters. The van der Waals surface area contributed by atoms with Crippen molar-refractivity contribution in [1.29, 1.82) is 0 Å². The quantitative estimate of drug-likeness (QED) is 0.850. The van der Waals surface area contributed by atoms with E-state index in [2.05, 4.69) is 15.9 Å². The van der Waals surface area contributed by atoms with Crippen molar-refractivity contribution in [2.45, 2.75) is 32.8 Å². The number of rotatable bonds is 5. The van der Waals surface area contributed by atoms with Gasteiger partial charge in [-0.1, -0.05) is 22.9 Å². The predicted molar refractivity (Wildman–Crippen MR) is 70.6 cm³/mol. The van der Waals surface area contributed by atoms with Gasteiger partial charge in [0.1, 0.15) is 12.4 Å². The minimum absolute atomic E-state index is 0.0522. The molecule has 0 heterocycles. The van der Waals surface area contributed by atoms with Gasteiger partial charge in [0, 0.05) is 4.47 Å². The number of benzene rings is 1. The van der Waals surface area contributed by atoms with Crippen LogP contribution in [0.3, 0.4) is 0 Å². The molecule has 1 aromatic carbocycles. The lowest BCUT2D eigenvalue weighted by molar-refractivity contribution is 0.00817. The van der Waals surface area contributed by atoms with Crippen LogP contribution in [0.4, 0.5) is 0 Å². The molecule has 0 aliphatic rings. The Bertz CT molecular complexity index is 413. The van der Waals surface area contributed by atoms with Crippen molar-refractivity contribution >= 4 is 21.7 Å². The summed E-state index contributed by atoms with van der Waals surface area (Å²) in [5.41, 5.74) is -0.351. The number of aliphatic hydroxyl groups is 1. The van der Waals surface area contributed by atoms with Gasteiger partial charge in [0.05, 0.1) is 11.2 Å². The molecule has 0 bridgehead atoms. The predicted octanol–water partition coefficient (Wildman–Crippen LogP) is 3.19. The number of ketones is 1. The normalized spacial score (nSPS) is 14.2. The van der Waals surface area contributed by atoms with Gasteiger partial charge in [0.25, 0.3) is 0 Å². The van der Waals surface area contributed by atoms with E-state index in [0.29, 0.717) is 17.7 Å². The molecule has 1 rings (SSSR count). The van der Waals surface area contributed by atoms with E-state index in [4.69, 9.17) is 4.74 Å². The van der Waals surface area contributed by atoms with Crippen molar-refractivity contribution in [3.8, 4) is 5.75 Å². The molecule has 94 valence electrons. The zero-order chi connectivity index (χ0) is 13.1. The topological polar surface area (TPSA) is 46.5 Å². The maximum Gasteiger partial charge on any atom is 0.163 e. The maximum atomic E-state index is 11.4. The Balaban J connectivity index is 2.89. The molecule has 0 aliphatic heterocycles. The van der Waals surface area contributed by atoms with Crippen LogP contribution in [0, 0.1) is 0 Å². The van der Waals surface area contributed by atoms with Gasteiger partial charge in [0.2, 0.25) is 0 Å². The molecule has 0 saturated carbocycles. The molecule has 0 fully saturated rings. The van der Waals surface area contributed by atoms with Gasteiger partial charge in [-0.05, 0) is 38.5 Å². The number of Topliss-reactive ketones (excluding diaryl/α,β-unsaturated/α-hetero) is 1. The van der Waals surface area contributed by atoms with Crippen LogP contribution in [-0.4, -0.2) is 23.1 Å². The largest absolute Gasteiger partial charge is 0.490 e. The van der Waals surface area contributed by atoms with Gasteiger partial charge in [-0.25, -0.2) is 0 Å². The van der Waals surface area contributed by atoms with E-state index >= 15 is 0 Å². The third-order valence-electron chi connectivity index (χ3n) is 2.62. The molecule has 0 saturated heterocycles. The molecule has 1 N–H and O–H groups in total. The van der Waals surface area contributed by atoms with Crippen molar-refractivity contribution in [3.63, 3.8) is 0 Å². The Morgan fingerprint density at radius 1 is 1.53 bits per heavy atom. The molecule has 0 amide bonds. The smallest absolute Gasteiger partial charge is 0.163 e. The standard InChI is InChI=1S/C13H17BrO3/c1-4-13(3,16)8-17-12-7-10(14)5-6-11(12)9(2)15/h5-7,16H,4,8H2,1-3H3. The van der Waals surface area contributed by atoms with E-state index < -0.39 is 5.60 Å². The lowest BCUT2D eigenvalue weighted by Gasteiger charge is -2.22. The number of halogens is 1. The fourth-order valence-corrected chi connectivity index (χ4v) is 1.58. The first-order valence-electron chi connectivity index (χ1n) is 5.51. The number of ether oxygens (including phenoxy) is 1. The molecule has 1 aromatic rings. The van der Waals surface area contributed by atoms with Crippen LogP contribution in [0.15, 0.2) is 22.7 Å². The van der Waals surface area contributed by atoms with Gasteiger partial charge >= 0.3 is 0 Å². The third-order valence-corrected chi connectivity index (χ3v) is 3.12. The molecular weight excluding hydrogens is 284 g/mol. The number of hydrogen-bond acceptors (Lipinski definition) is 3. The zero-order valence-electron chi connectivity index (χ0n) is 10.3. The summed E-state index contributed by atoms with van der Waals surface area (Å²) in [5, 5.41) is 9.86. The molecule has 1 unspecified atom stereocenters. The summed E-state index contributed by atoms with van der Waals surface area (Å²) >= 11 is 3.33. The van der Waals surface area contributed by atoms with Crippen LogP contribution in [0.1, 0.15) is 37.6 Å². The average Bonchev–Trinajstić information content (AvgIpc) is 2.26. The second-order valence-corrected chi connectivity index (χ2v) is 5.25. The lowest BCUT2D eigenvalue weighted by Crippen LogP contribution is -2.31. The molecule has 17 heavy (non-hydrogen) atoms. The molecule has 0 aromatic heterocycles. The highest BCUT2D eigenvalue weighted by Crippen LogP contribution is 2.25. The summed E-state index contributed by atoms with van der Waals surface area (Å²) in [5.74, 6) is 0.448. The molecule has 0 spiro atoms. The molecular formula is C13H17BrO3. The van der Waals surface area contributed by atoms with Crippen LogP contribution in [0.2, 0.25) is 0 Å². The summed E-state index contributed by atoms with van der Waals surface area (Å²) < 4.78 is 6.38. The Kier molecular flexibility index (Phi) is 4.71. The highest BCUT2D eigenvalue weighted by Gasteiger charge is 2.19. The van der Waals surface area contributed by atoms with E-state index in [9.17, 15) is 9.90 Å². The Hall–Kier alpha value is -0.870. The van der Waals surface area contributed by atoms with Crippen LogP contribution >= 0.6 is 15.9 Å². The number of carbonyl (C=O) groups excluding carboxylic acids is 1. The van der Waals surface area contributed by atoms with Crippen molar-refractivity contribution in [1.82, 2.24) is 0 Å². The second kappa shape index (κ2) is 5.65. The average molecular weight is 301 g/mol. The fraction of sp³-hybridized carbons (Fsp3) is 0.462. The van der Waals surface area contributed by atoms with E-state index in [-0.39, 0.29) is 12.4 Å². The monoisotopic (exact) mass is 300 g/mol. The zero-order valence-corrected chi connectivity index (χ0v) is 11.9. The summed E-state index contributed by atoms with van der Waals surface area (Å²) in [6.07, 6.45) is 0.594. The minimum Gasteiger partial charge on any atom is -0.490 e. The summed E-state index contributed by atoms with van der Waals surface area (Å²) in [4.78, 5) is 11.4. The van der Waals surface area contributed by atoms with Gasteiger partial charge in [-0.15, -0.1) is 0 Å². The van der Waals surface area contributed by atoms with E-state index in [0.717, 1.165) is 4.47 Å².